The Morgan fingerprint density at radius 2 is 1.79 bits per heavy atom. The van der Waals surface area contributed by atoms with Gasteiger partial charge in [-0.3, -0.25) is 4.79 Å². The van der Waals surface area contributed by atoms with Crippen LogP contribution in [0.25, 0.3) is 0 Å². The van der Waals surface area contributed by atoms with Crippen LogP contribution in [0.15, 0.2) is 24.3 Å². The van der Waals surface area contributed by atoms with E-state index in [1.165, 1.54) is 10.5 Å². The molecule has 4 N–H and O–H groups in total. The number of hydrogen-bond donors (Lipinski definition) is 3. The van der Waals surface area contributed by atoms with Crippen molar-refractivity contribution >= 4 is 29.4 Å². The number of amides is 3. The third kappa shape index (κ3) is 5.44. The molecule has 1 unspecified atom stereocenters. The highest BCUT2D eigenvalue weighted by molar-refractivity contribution is 5.96. The Balaban J connectivity index is 1.31. The average Bonchev–Trinajstić information content (AvgIpc) is 3.31. The van der Waals surface area contributed by atoms with Crippen molar-refractivity contribution in [2.75, 3.05) is 49.5 Å². The zero-order chi connectivity index (χ0) is 26.9. The number of urea groups is 1. The molecule has 204 valence electrons. The largest absolute Gasteiger partial charge is 0.488 e. The average molecular weight is 534 g/mol. The van der Waals surface area contributed by atoms with Gasteiger partial charge in [-0.2, -0.15) is 4.98 Å². The number of benzene rings is 1. The first-order valence-corrected chi connectivity index (χ1v) is 12.7. The van der Waals surface area contributed by atoms with Crippen molar-refractivity contribution < 1.29 is 22.8 Å². The second-order valence-corrected chi connectivity index (χ2v) is 9.78. The summed E-state index contributed by atoms with van der Waals surface area (Å²) in [5.74, 6) is 0.0425. The summed E-state index contributed by atoms with van der Waals surface area (Å²) < 4.78 is 39.4. The summed E-state index contributed by atoms with van der Waals surface area (Å²) in [6.07, 6.45) is -1.36. The molecule has 3 amide bonds. The molecule has 0 bridgehead atoms. The second kappa shape index (κ2) is 10.6. The van der Waals surface area contributed by atoms with Crippen molar-refractivity contribution in [2.24, 2.45) is 5.73 Å². The molecule has 3 aliphatic heterocycles. The molecular formula is C24H30F3N9O2. The second-order valence-electron chi connectivity index (χ2n) is 9.78. The number of anilines is 3. The first-order chi connectivity index (χ1) is 18.2. The lowest BCUT2D eigenvalue weighted by Crippen LogP contribution is -2.51. The number of aromatic nitrogens is 3. The molecule has 11 nitrogen and oxygen atoms in total. The van der Waals surface area contributed by atoms with E-state index in [0.29, 0.717) is 31.0 Å². The maximum atomic E-state index is 13.1. The van der Waals surface area contributed by atoms with E-state index in [-0.39, 0.29) is 35.4 Å². The lowest BCUT2D eigenvalue weighted by atomic mass is 9.90. The van der Waals surface area contributed by atoms with E-state index in [1.54, 1.807) is 4.90 Å². The molecule has 3 saturated heterocycles. The number of primary amides is 1. The molecule has 3 aliphatic rings. The standard InChI is InChI=1S/C24H30F3N9O2/c25-24(26,27)36-13-12-35(23(36)38)18-2-1-11-34(14-18)22-31-21(19(20(28)37)32-33-22)30-17-5-3-15(4-6-17)16-7-9-29-10-8-16/h3-6,16,18,29H,1-2,7-14H2,(H2,28,37)(H,30,31,33). The number of alkyl halides is 3. The minimum Gasteiger partial charge on any atom is -0.364 e. The number of nitrogens with one attached hydrogen (secondary N) is 2. The zero-order valence-corrected chi connectivity index (χ0v) is 20.7. The van der Waals surface area contributed by atoms with Crippen LogP contribution in [0.3, 0.4) is 0 Å². The van der Waals surface area contributed by atoms with Crippen molar-refractivity contribution in [3.8, 4) is 0 Å². The normalized spacial score (nSPS) is 21.2. The predicted molar refractivity (Wildman–Crippen MR) is 133 cm³/mol. The first-order valence-electron chi connectivity index (χ1n) is 12.7. The SMILES string of the molecule is NC(=O)c1nnc(N2CCCC(N3CCN(C(F)(F)F)C3=O)C2)nc1Nc1ccc(C2CCNCC2)cc1. The van der Waals surface area contributed by atoms with Gasteiger partial charge in [-0.1, -0.05) is 12.1 Å². The van der Waals surface area contributed by atoms with Crippen molar-refractivity contribution in [1.29, 1.82) is 0 Å². The fourth-order valence-electron chi connectivity index (χ4n) is 5.35. The highest BCUT2D eigenvalue weighted by Gasteiger charge is 2.48. The van der Waals surface area contributed by atoms with E-state index in [4.69, 9.17) is 5.73 Å². The molecule has 38 heavy (non-hydrogen) atoms. The predicted octanol–water partition coefficient (Wildman–Crippen LogP) is 2.41. The number of piperidine rings is 2. The van der Waals surface area contributed by atoms with E-state index in [0.717, 1.165) is 25.9 Å². The minimum absolute atomic E-state index is 0.00323. The molecule has 0 radical (unpaired) electrons. The summed E-state index contributed by atoms with van der Waals surface area (Å²) in [6, 6.07) is 6.44. The van der Waals surface area contributed by atoms with Gasteiger partial charge in [-0.25, -0.2) is 9.69 Å². The summed E-state index contributed by atoms with van der Waals surface area (Å²) in [7, 11) is 0. The van der Waals surface area contributed by atoms with Gasteiger partial charge in [0, 0.05) is 31.9 Å². The fraction of sp³-hybridized carbons (Fsp3) is 0.542. The van der Waals surface area contributed by atoms with Gasteiger partial charge in [0.15, 0.2) is 11.5 Å². The van der Waals surface area contributed by atoms with Crippen molar-refractivity contribution in [3.63, 3.8) is 0 Å². The molecule has 5 rings (SSSR count). The Bertz CT molecular complexity index is 1170. The van der Waals surface area contributed by atoms with E-state index >= 15 is 0 Å². The summed E-state index contributed by atoms with van der Waals surface area (Å²) in [6.45, 7) is 2.37. The van der Waals surface area contributed by atoms with Gasteiger partial charge in [0.1, 0.15) is 0 Å². The summed E-state index contributed by atoms with van der Waals surface area (Å²) in [5.41, 5.74) is 7.32. The number of carbonyl (C=O) groups excluding carboxylic acids is 2. The highest BCUT2D eigenvalue weighted by atomic mass is 19.4. The van der Waals surface area contributed by atoms with Gasteiger partial charge in [-0.15, -0.1) is 23.4 Å². The van der Waals surface area contributed by atoms with Crippen LogP contribution in [0.2, 0.25) is 0 Å². The number of hydrogen-bond acceptors (Lipinski definition) is 8. The van der Waals surface area contributed by atoms with Crippen LogP contribution >= 0.6 is 0 Å². The summed E-state index contributed by atoms with van der Waals surface area (Å²) in [5, 5.41) is 14.5. The lowest BCUT2D eigenvalue weighted by Gasteiger charge is -2.37. The smallest absolute Gasteiger partial charge is 0.364 e. The van der Waals surface area contributed by atoms with Gasteiger partial charge in [-0.05, 0) is 62.4 Å². The Morgan fingerprint density at radius 3 is 2.45 bits per heavy atom. The number of nitrogens with zero attached hydrogens (tertiary/aromatic N) is 6. The lowest BCUT2D eigenvalue weighted by molar-refractivity contribution is -0.218. The number of rotatable bonds is 6. The van der Waals surface area contributed by atoms with E-state index < -0.39 is 30.8 Å². The molecule has 0 saturated carbocycles. The maximum Gasteiger partial charge on any atom is 0.488 e. The van der Waals surface area contributed by atoms with Crippen LogP contribution in [0.5, 0.6) is 0 Å². The van der Waals surface area contributed by atoms with Crippen LogP contribution < -0.4 is 21.3 Å². The number of carbonyl (C=O) groups is 2. The third-order valence-electron chi connectivity index (χ3n) is 7.36. The van der Waals surface area contributed by atoms with Crippen LogP contribution in [0, 0.1) is 0 Å². The minimum atomic E-state index is -4.70. The summed E-state index contributed by atoms with van der Waals surface area (Å²) >= 11 is 0. The monoisotopic (exact) mass is 533 g/mol. The number of halogens is 3. The van der Waals surface area contributed by atoms with Gasteiger partial charge in [0.2, 0.25) is 5.95 Å². The molecule has 4 heterocycles. The van der Waals surface area contributed by atoms with E-state index in [1.807, 2.05) is 24.3 Å². The van der Waals surface area contributed by atoms with Crippen LogP contribution in [0.4, 0.5) is 35.4 Å². The van der Waals surface area contributed by atoms with Crippen LogP contribution in [-0.4, -0.2) is 88.5 Å². The molecule has 1 aromatic heterocycles. The third-order valence-corrected chi connectivity index (χ3v) is 7.36. The van der Waals surface area contributed by atoms with Gasteiger partial charge in [0.05, 0.1) is 6.04 Å². The van der Waals surface area contributed by atoms with Crippen molar-refractivity contribution in [3.05, 3.63) is 35.5 Å². The molecule has 0 aliphatic carbocycles. The topological polar surface area (TPSA) is 133 Å². The van der Waals surface area contributed by atoms with Crippen LogP contribution in [-0.2, 0) is 0 Å². The number of nitrogens with two attached hydrogens (primary N) is 1. The molecular weight excluding hydrogens is 503 g/mol. The van der Waals surface area contributed by atoms with Gasteiger partial charge in [0.25, 0.3) is 5.91 Å². The van der Waals surface area contributed by atoms with Crippen molar-refractivity contribution in [2.45, 2.75) is 43.9 Å². The quantitative estimate of drug-likeness (QED) is 0.483. The Kier molecular flexibility index (Phi) is 7.23. The first kappa shape index (κ1) is 25.9. The Hall–Kier alpha value is -3.68. The van der Waals surface area contributed by atoms with Gasteiger partial charge >= 0.3 is 12.3 Å². The zero-order valence-electron chi connectivity index (χ0n) is 20.7. The molecule has 1 atom stereocenters. The van der Waals surface area contributed by atoms with E-state index in [2.05, 4.69) is 25.8 Å². The molecule has 0 spiro atoms. The highest BCUT2D eigenvalue weighted by Crippen LogP contribution is 2.31. The van der Waals surface area contributed by atoms with Crippen LogP contribution in [0.1, 0.15) is 47.7 Å². The molecule has 14 heteroatoms. The summed E-state index contributed by atoms with van der Waals surface area (Å²) in [4.78, 5) is 31.9. The molecule has 2 aromatic rings. The molecule has 1 aromatic carbocycles. The Labute approximate surface area is 217 Å². The Morgan fingerprint density at radius 1 is 1.05 bits per heavy atom. The fourth-order valence-corrected chi connectivity index (χ4v) is 5.35. The van der Waals surface area contributed by atoms with Gasteiger partial charge < -0.3 is 26.2 Å². The van der Waals surface area contributed by atoms with E-state index in [9.17, 15) is 22.8 Å². The van der Waals surface area contributed by atoms with Crippen molar-refractivity contribution in [1.82, 2.24) is 30.3 Å². The molecule has 3 fully saturated rings. The maximum absolute atomic E-state index is 13.1.